The van der Waals surface area contributed by atoms with Crippen LogP contribution in [0.5, 0.6) is 11.6 Å². The number of anilines is 1. The lowest BCUT2D eigenvalue weighted by atomic mass is 10.0. The zero-order valence-electron chi connectivity index (χ0n) is 22.7. The Labute approximate surface area is 234 Å². The highest BCUT2D eigenvalue weighted by atomic mass is 16.5. The molecule has 0 saturated carbocycles. The maximum absolute atomic E-state index is 11.3. The molecular weight excluding hydrogens is 500 g/mol. The number of hydrogen-bond donors (Lipinski definition) is 2. The molecule has 0 aliphatic carbocycles. The second-order valence-corrected chi connectivity index (χ2v) is 10.2. The fraction of sp³-hybridized carbons (Fsp3) is 0.250. The predicted molar refractivity (Wildman–Crippen MR) is 155 cm³/mol. The van der Waals surface area contributed by atoms with E-state index in [2.05, 4.69) is 16.3 Å². The van der Waals surface area contributed by atoms with Crippen LogP contribution in [0.2, 0.25) is 0 Å². The quantitative estimate of drug-likeness (QED) is 0.303. The van der Waals surface area contributed by atoms with Crippen molar-refractivity contribution in [3.63, 3.8) is 0 Å². The summed E-state index contributed by atoms with van der Waals surface area (Å²) in [5.74, 6) is 1.26. The van der Waals surface area contributed by atoms with E-state index in [9.17, 15) is 10.1 Å². The molecule has 0 atom stereocenters. The molecule has 3 N–H and O–H groups in total. The van der Waals surface area contributed by atoms with Gasteiger partial charge < -0.3 is 15.8 Å². The van der Waals surface area contributed by atoms with Gasteiger partial charge in [-0.2, -0.15) is 10.2 Å². The largest absolute Gasteiger partial charge is 0.438 e. The Balaban J connectivity index is 1.30. The van der Waals surface area contributed by atoms with Crippen LogP contribution in [0.1, 0.15) is 45.5 Å². The molecular formula is C32H32N6O2. The Morgan fingerprint density at radius 3 is 2.33 bits per heavy atom. The lowest BCUT2D eigenvalue weighted by Gasteiger charge is -2.32. The summed E-state index contributed by atoms with van der Waals surface area (Å²) in [5, 5.41) is 12.8. The normalized spacial score (nSPS) is 13.9. The Bertz CT molecular complexity index is 1520. The highest BCUT2D eigenvalue weighted by Gasteiger charge is 2.21. The van der Waals surface area contributed by atoms with Crippen molar-refractivity contribution in [2.75, 3.05) is 18.4 Å². The van der Waals surface area contributed by atoms with Gasteiger partial charge in [-0.15, -0.1) is 0 Å². The molecule has 202 valence electrons. The van der Waals surface area contributed by atoms with Gasteiger partial charge in [0.1, 0.15) is 5.75 Å². The summed E-state index contributed by atoms with van der Waals surface area (Å²) < 4.78 is 6.30. The van der Waals surface area contributed by atoms with Gasteiger partial charge in [0.15, 0.2) is 0 Å². The fourth-order valence-corrected chi connectivity index (χ4v) is 5.03. The molecule has 40 heavy (non-hydrogen) atoms. The van der Waals surface area contributed by atoms with Crippen LogP contribution in [0, 0.1) is 25.2 Å². The molecule has 1 aromatic heterocycles. The van der Waals surface area contributed by atoms with Crippen molar-refractivity contribution in [2.24, 2.45) is 5.73 Å². The van der Waals surface area contributed by atoms with Crippen LogP contribution >= 0.6 is 0 Å². The first kappa shape index (κ1) is 26.9. The predicted octanol–water partition coefficient (Wildman–Crippen LogP) is 5.60. The number of amides is 1. The number of aromatic nitrogens is 2. The molecule has 0 unspecified atom stereocenters. The first-order valence-electron chi connectivity index (χ1n) is 13.4. The number of benzene rings is 3. The van der Waals surface area contributed by atoms with E-state index >= 15 is 0 Å². The van der Waals surface area contributed by atoms with E-state index in [1.165, 1.54) is 0 Å². The Morgan fingerprint density at radius 1 is 1.02 bits per heavy atom. The second kappa shape index (κ2) is 12.0. The van der Waals surface area contributed by atoms with E-state index in [0.29, 0.717) is 28.7 Å². The highest BCUT2D eigenvalue weighted by molar-refractivity contribution is 5.92. The summed E-state index contributed by atoms with van der Waals surface area (Å²) in [4.78, 5) is 23.3. The number of ether oxygens (including phenoxy) is 1. The summed E-state index contributed by atoms with van der Waals surface area (Å²) in [5.41, 5.74) is 11.1. The van der Waals surface area contributed by atoms with Crippen molar-refractivity contribution in [3.8, 4) is 29.0 Å². The molecule has 1 amide bonds. The number of hydrogen-bond acceptors (Lipinski definition) is 7. The molecule has 1 fully saturated rings. The number of nitrogens with one attached hydrogen (secondary N) is 1. The maximum atomic E-state index is 11.3. The average Bonchev–Trinajstić information content (AvgIpc) is 2.96. The third-order valence-corrected chi connectivity index (χ3v) is 7.13. The standard InChI is InChI=1S/C32H32N6O2/c1-21-16-24(19-33)17-22(2)30(21)40-29-18-28(25-6-4-3-5-7-25)36-32(37-29)35-27-12-14-38(15-13-27)20-23-8-10-26(11-9-23)31(34)39/h3-11,16-18,27H,12-15,20H2,1-2H3,(H2,34,39)(H,35,36,37). The molecule has 0 bridgehead atoms. The lowest BCUT2D eigenvalue weighted by Crippen LogP contribution is -2.39. The van der Waals surface area contributed by atoms with E-state index in [1.54, 1.807) is 12.1 Å². The van der Waals surface area contributed by atoms with Gasteiger partial charge in [0.25, 0.3) is 0 Å². The summed E-state index contributed by atoms with van der Waals surface area (Å²) >= 11 is 0. The molecule has 5 rings (SSSR count). The van der Waals surface area contributed by atoms with E-state index < -0.39 is 5.91 Å². The van der Waals surface area contributed by atoms with Gasteiger partial charge in [0.2, 0.25) is 17.7 Å². The van der Waals surface area contributed by atoms with Crippen LogP contribution in [0.15, 0.2) is 72.8 Å². The molecule has 4 aromatic rings. The number of piperidine rings is 1. The lowest BCUT2D eigenvalue weighted by molar-refractivity contribution is 0.1000. The molecule has 3 aromatic carbocycles. The van der Waals surface area contributed by atoms with Gasteiger partial charge in [-0.25, -0.2) is 4.98 Å². The third kappa shape index (κ3) is 6.45. The SMILES string of the molecule is Cc1cc(C#N)cc(C)c1Oc1cc(-c2ccccc2)nc(NC2CCN(Cc3ccc(C(N)=O)cc3)CC2)n1. The van der Waals surface area contributed by atoms with Crippen LogP contribution in [0.3, 0.4) is 0 Å². The first-order chi connectivity index (χ1) is 19.4. The Morgan fingerprint density at radius 2 is 1.70 bits per heavy atom. The zero-order chi connectivity index (χ0) is 28.1. The number of carbonyl (C=O) groups is 1. The zero-order valence-corrected chi connectivity index (χ0v) is 22.7. The topological polar surface area (TPSA) is 117 Å². The summed E-state index contributed by atoms with van der Waals surface area (Å²) in [6.07, 6.45) is 1.89. The molecule has 8 heteroatoms. The average molecular weight is 533 g/mol. The minimum Gasteiger partial charge on any atom is -0.438 e. The number of primary amides is 1. The highest BCUT2D eigenvalue weighted by Crippen LogP contribution is 2.32. The smallest absolute Gasteiger partial charge is 0.248 e. The number of carbonyl (C=O) groups excluding carboxylic acids is 1. The van der Waals surface area contributed by atoms with Crippen molar-refractivity contribution < 1.29 is 9.53 Å². The van der Waals surface area contributed by atoms with Crippen LogP contribution in [-0.2, 0) is 6.54 Å². The van der Waals surface area contributed by atoms with Crippen LogP contribution in [-0.4, -0.2) is 39.9 Å². The van der Waals surface area contributed by atoms with Crippen molar-refractivity contribution in [1.29, 1.82) is 5.26 Å². The second-order valence-electron chi connectivity index (χ2n) is 10.2. The Hall–Kier alpha value is -4.74. The van der Waals surface area contributed by atoms with Gasteiger partial charge in [0.05, 0.1) is 17.3 Å². The van der Waals surface area contributed by atoms with E-state index in [4.69, 9.17) is 20.4 Å². The number of nitrogens with zero attached hydrogens (tertiary/aromatic N) is 4. The van der Waals surface area contributed by atoms with Gasteiger partial charge in [-0.3, -0.25) is 9.69 Å². The van der Waals surface area contributed by atoms with Gasteiger partial charge in [0, 0.05) is 42.9 Å². The number of rotatable bonds is 8. The summed E-state index contributed by atoms with van der Waals surface area (Å²) in [6, 6.07) is 25.4. The van der Waals surface area contributed by atoms with Crippen molar-refractivity contribution >= 4 is 11.9 Å². The monoisotopic (exact) mass is 532 g/mol. The van der Waals surface area contributed by atoms with Crippen LogP contribution < -0.4 is 15.8 Å². The molecule has 8 nitrogen and oxygen atoms in total. The van der Waals surface area contributed by atoms with Gasteiger partial charge in [-0.05, 0) is 67.6 Å². The van der Waals surface area contributed by atoms with Crippen molar-refractivity contribution in [3.05, 3.63) is 101 Å². The molecule has 0 spiro atoms. The summed E-state index contributed by atoms with van der Waals surface area (Å²) in [7, 11) is 0. The minimum atomic E-state index is -0.410. The third-order valence-electron chi connectivity index (χ3n) is 7.13. The first-order valence-corrected chi connectivity index (χ1v) is 13.4. The number of nitriles is 1. The molecule has 2 heterocycles. The van der Waals surface area contributed by atoms with Crippen LogP contribution in [0.25, 0.3) is 11.3 Å². The molecule has 1 aliphatic heterocycles. The molecule has 0 radical (unpaired) electrons. The number of aryl methyl sites for hydroxylation is 2. The summed E-state index contributed by atoms with van der Waals surface area (Å²) in [6.45, 7) is 6.55. The maximum Gasteiger partial charge on any atom is 0.248 e. The Kier molecular flexibility index (Phi) is 8.04. The fourth-order valence-electron chi connectivity index (χ4n) is 5.03. The van der Waals surface area contributed by atoms with E-state index in [1.807, 2.05) is 74.5 Å². The van der Waals surface area contributed by atoms with Crippen LogP contribution in [0.4, 0.5) is 5.95 Å². The van der Waals surface area contributed by atoms with Crippen molar-refractivity contribution in [2.45, 2.75) is 39.3 Å². The number of likely N-dealkylation sites (tertiary alicyclic amines) is 1. The van der Waals surface area contributed by atoms with E-state index in [-0.39, 0.29) is 6.04 Å². The molecule has 1 saturated heterocycles. The number of nitrogens with two attached hydrogens (primary N) is 1. The molecule has 1 aliphatic rings. The van der Waals surface area contributed by atoms with Gasteiger partial charge >= 0.3 is 0 Å². The van der Waals surface area contributed by atoms with E-state index in [0.717, 1.165) is 60.4 Å². The van der Waals surface area contributed by atoms with Gasteiger partial charge in [-0.1, -0.05) is 42.5 Å². The van der Waals surface area contributed by atoms with Crippen molar-refractivity contribution in [1.82, 2.24) is 14.9 Å². The minimum absolute atomic E-state index is 0.228.